The average Bonchev–Trinajstić information content (AvgIpc) is 2.62. The van der Waals surface area contributed by atoms with E-state index >= 15 is 0 Å². The predicted octanol–water partition coefficient (Wildman–Crippen LogP) is 4.11. The van der Waals surface area contributed by atoms with Crippen LogP contribution in [0.15, 0.2) is 51.8 Å². The van der Waals surface area contributed by atoms with Gasteiger partial charge in [-0.2, -0.15) is 13.2 Å². The molecule has 146 valence electrons. The van der Waals surface area contributed by atoms with Gasteiger partial charge in [-0.1, -0.05) is 15.9 Å². The second kappa shape index (κ2) is 7.69. The standard InChI is InChI=1S/C17H16BrF3N2O3S/c18-13-2-4-14(5-3-13)27(24,25)22-15-11-12(17(19,20)21)1-6-16(15)23-7-9-26-10-8-23/h1-6,11,22H,7-10H2. The third-order valence-electron chi connectivity index (χ3n) is 4.04. The van der Waals surface area contributed by atoms with E-state index in [1.807, 2.05) is 0 Å². The van der Waals surface area contributed by atoms with E-state index in [2.05, 4.69) is 20.7 Å². The summed E-state index contributed by atoms with van der Waals surface area (Å²) in [6.45, 7) is 1.75. The van der Waals surface area contributed by atoms with Gasteiger partial charge in [0.2, 0.25) is 0 Å². The van der Waals surface area contributed by atoms with Crippen LogP contribution in [0.5, 0.6) is 0 Å². The molecule has 2 aromatic carbocycles. The van der Waals surface area contributed by atoms with Crippen LogP contribution in [-0.2, 0) is 20.9 Å². The maximum absolute atomic E-state index is 13.1. The first-order chi connectivity index (χ1) is 12.7. The summed E-state index contributed by atoms with van der Waals surface area (Å²) in [7, 11) is -4.05. The summed E-state index contributed by atoms with van der Waals surface area (Å²) in [6.07, 6.45) is -4.58. The van der Waals surface area contributed by atoms with Gasteiger partial charge in [-0.05, 0) is 42.5 Å². The number of hydrogen-bond acceptors (Lipinski definition) is 4. The summed E-state index contributed by atoms with van der Waals surface area (Å²) in [4.78, 5) is 1.75. The van der Waals surface area contributed by atoms with Crippen LogP contribution in [0.3, 0.4) is 0 Å². The molecule has 0 aromatic heterocycles. The molecule has 2 aromatic rings. The zero-order valence-electron chi connectivity index (χ0n) is 14.0. The molecule has 27 heavy (non-hydrogen) atoms. The quantitative estimate of drug-likeness (QED) is 0.739. The summed E-state index contributed by atoms with van der Waals surface area (Å²) in [5.41, 5.74) is -0.658. The summed E-state index contributed by atoms with van der Waals surface area (Å²) in [5, 5.41) is 0. The number of benzene rings is 2. The Bertz CT molecular complexity index is 912. The van der Waals surface area contributed by atoms with Crippen LogP contribution in [0, 0.1) is 0 Å². The molecule has 5 nitrogen and oxygen atoms in total. The SMILES string of the molecule is O=S(=O)(Nc1cc(C(F)(F)F)ccc1N1CCOCC1)c1ccc(Br)cc1. The summed E-state index contributed by atoms with van der Waals surface area (Å²) in [6, 6.07) is 8.88. The Labute approximate surface area is 163 Å². The van der Waals surface area contributed by atoms with Crippen LogP contribution in [0.25, 0.3) is 0 Å². The van der Waals surface area contributed by atoms with Crippen molar-refractivity contribution in [3.05, 3.63) is 52.5 Å². The normalized spacial score (nSPS) is 15.6. The van der Waals surface area contributed by atoms with E-state index in [1.54, 1.807) is 17.0 Å². The number of halogens is 4. The minimum absolute atomic E-state index is 0.0453. The fourth-order valence-corrected chi connectivity index (χ4v) is 4.02. The first-order valence-electron chi connectivity index (χ1n) is 7.99. The second-order valence-electron chi connectivity index (χ2n) is 5.89. The molecule has 0 saturated carbocycles. The molecule has 1 fully saturated rings. The highest BCUT2D eigenvalue weighted by Gasteiger charge is 2.32. The lowest BCUT2D eigenvalue weighted by molar-refractivity contribution is -0.137. The van der Waals surface area contributed by atoms with Crippen LogP contribution in [0.1, 0.15) is 5.56 Å². The van der Waals surface area contributed by atoms with E-state index in [9.17, 15) is 21.6 Å². The maximum atomic E-state index is 13.1. The molecule has 1 heterocycles. The van der Waals surface area contributed by atoms with Gasteiger partial charge >= 0.3 is 6.18 Å². The fourth-order valence-electron chi connectivity index (χ4n) is 2.69. The molecule has 0 aliphatic carbocycles. The Morgan fingerprint density at radius 2 is 1.67 bits per heavy atom. The predicted molar refractivity (Wildman–Crippen MR) is 99.4 cm³/mol. The van der Waals surface area contributed by atoms with E-state index in [0.717, 1.165) is 12.1 Å². The van der Waals surface area contributed by atoms with Crippen LogP contribution in [-0.4, -0.2) is 34.7 Å². The molecule has 0 amide bonds. The lowest BCUT2D eigenvalue weighted by atomic mass is 10.1. The van der Waals surface area contributed by atoms with Crippen molar-refractivity contribution in [3.8, 4) is 0 Å². The molecule has 0 bridgehead atoms. The zero-order chi connectivity index (χ0) is 19.7. The largest absolute Gasteiger partial charge is 0.416 e. The van der Waals surface area contributed by atoms with Crippen molar-refractivity contribution in [1.29, 1.82) is 0 Å². The highest BCUT2D eigenvalue weighted by atomic mass is 79.9. The van der Waals surface area contributed by atoms with Crippen LogP contribution >= 0.6 is 15.9 Å². The highest BCUT2D eigenvalue weighted by Crippen LogP contribution is 2.36. The van der Waals surface area contributed by atoms with Gasteiger partial charge in [0, 0.05) is 17.6 Å². The molecule has 0 spiro atoms. The van der Waals surface area contributed by atoms with E-state index in [0.29, 0.717) is 36.5 Å². The molecule has 10 heteroatoms. The molecule has 1 N–H and O–H groups in total. The van der Waals surface area contributed by atoms with Gasteiger partial charge < -0.3 is 9.64 Å². The number of rotatable bonds is 4. The molecule has 0 atom stereocenters. The number of alkyl halides is 3. The number of morpholine rings is 1. The van der Waals surface area contributed by atoms with Gasteiger partial charge in [0.1, 0.15) is 0 Å². The lowest BCUT2D eigenvalue weighted by Gasteiger charge is -2.31. The maximum Gasteiger partial charge on any atom is 0.416 e. The van der Waals surface area contributed by atoms with E-state index in [-0.39, 0.29) is 10.6 Å². The Balaban J connectivity index is 2.01. The summed E-state index contributed by atoms with van der Waals surface area (Å²) < 4.78 is 72.9. The number of nitrogens with zero attached hydrogens (tertiary/aromatic N) is 1. The minimum atomic E-state index is -4.58. The van der Waals surface area contributed by atoms with Crippen molar-refractivity contribution in [2.24, 2.45) is 0 Å². The monoisotopic (exact) mass is 464 g/mol. The molecule has 3 rings (SSSR count). The van der Waals surface area contributed by atoms with E-state index in [4.69, 9.17) is 4.74 Å². The Morgan fingerprint density at radius 3 is 2.26 bits per heavy atom. The summed E-state index contributed by atoms with van der Waals surface area (Å²) in [5.74, 6) is 0. The number of ether oxygens (including phenoxy) is 1. The lowest BCUT2D eigenvalue weighted by Crippen LogP contribution is -2.36. The third-order valence-corrected chi connectivity index (χ3v) is 5.95. The molecule has 0 radical (unpaired) electrons. The van der Waals surface area contributed by atoms with Crippen LogP contribution < -0.4 is 9.62 Å². The molecule has 1 aliphatic rings. The minimum Gasteiger partial charge on any atom is -0.378 e. The fraction of sp³-hybridized carbons (Fsp3) is 0.294. The van der Waals surface area contributed by atoms with Gasteiger partial charge in [-0.3, -0.25) is 4.72 Å². The van der Waals surface area contributed by atoms with Crippen molar-refractivity contribution in [1.82, 2.24) is 0 Å². The van der Waals surface area contributed by atoms with Gasteiger partial charge in [0.25, 0.3) is 10.0 Å². The first-order valence-corrected chi connectivity index (χ1v) is 10.3. The van der Waals surface area contributed by atoms with Crippen molar-refractivity contribution >= 4 is 37.3 Å². The van der Waals surface area contributed by atoms with Gasteiger partial charge in [-0.25, -0.2) is 8.42 Å². The topological polar surface area (TPSA) is 58.6 Å². The van der Waals surface area contributed by atoms with Crippen molar-refractivity contribution in [2.45, 2.75) is 11.1 Å². The number of sulfonamides is 1. The Morgan fingerprint density at radius 1 is 1.04 bits per heavy atom. The van der Waals surface area contributed by atoms with Crippen molar-refractivity contribution in [2.75, 3.05) is 35.9 Å². The molecular weight excluding hydrogens is 449 g/mol. The second-order valence-corrected chi connectivity index (χ2v) is 8.49. The number of hydrogen-bond donors (Lipinski definition) is 1. The molecule has 1 saturated heterocycles. The number of nitrogens with one attached hydrogen (secondary N) is 1. The number of anilines is 2. The van der Waals surface area contributed by atoms with Crippen LogP contribution in [0.2, 0.25) is 0 Å². The Kier molecular flexibility index (Phi) is 5.68. The average molecular weight is 465 g/mol. The molecule has 1 aliphatic heterocycles. The zero-order valence-corrected chi connectivity index (χ0v) is 16.4. The van der Waals surface area contributed by atoms with Gasteiger partial charge in [0.15, 0.2) is 0 Å². The van der Waals surface area contributed by atoms with Gasteiger partial charge in [-0.15, -0.1) is 0 Å². The smallest absolute Gasteiger partial charge is 0.378 e. The van der Waals surface area contributed by atoms with Crippen molar-refractivity contribution in [3.63, 3.8) is 0 Å². The van der Waals surface area contributed by atoms with E-state index in [1.165, 1.54) is 18.2 Å². The first kappa shape index (κ1) is 20.0. The van der Waals surface area contributed by atoms with E-state index < -0.39 is 21.8 Å². The van der Waals surface area contributed by atoms with Crippen LogP contribution in [0.4, 0.5) is 24.5 Å². The highest BCUT2D eigenvalue weighted by molar-refractivity contribution is 9.10. The Hall–Kier alpha value is -1.78. The molecule has 0 unspecified atom stereocenters. The van der Waals surface area contributed by atoms with Gasteiger partial charge in [0.05, 0.1) is 35.0 Å². The van der Waals surface area contributed by atoms with Crippen molar-refractivity contribution < 1.29 is 26.3 Å². The third kappa shape index (κ3) is 4.74. The molecular formula is C17H16BrF3N2O3S. The summed E-state index contributed by atoms with van der Waals surface area (Å²) >= 11 is 3.22.